The van der Waals surface area contributed by atoms with Crippen molar-refractivity contribution in [2.75, 3.05) is 7.11 Å². The van der Waals surface area contributed by atoms with Gasteiger partial charge in [0.15, 0.2) is 0 Å². The van der Waals surface area contributed by atoms with Crippen molar-refractivity contribution >= 4 is 11.3 Å². The number of aryl methyl sites for hydroxylation is 1. The number of rotatable bonds is 4. The first-order chi connectivity index (χ1) is 7.76. The lowest BCUT2D eigenvalue weighted by molar-refractivity contribution is 0.163. The van der Waals surface area contributed by atoms with Crippen LogP contribution in [0.25, 0.3) is 10.6 Å². The zero-order valence-electron chi connectivity index (χ0n) is 9.32. The summed E-state index contributed by atoms with van der Waals surface area (Å²) >= 11 is 1.63. The molecule has 0 fully saturated rings. The molecule has 0 radical (unpaired) electrons. The van der Waals surface area contributed by atoms with E-state index in [0.29, 0.717) is 13.2 Å². The second-order valence-corrected chi connectivity index (χ2v) is 4.70. The van der Waals surface area contributed by atoms with Crippen LogP contribution in [-0.4, -0.2) is 12.1 Å². The van der Waals surface area contributed by atoms with Crippen molar-refractivity contribution in [3.05, 3.63) is 28.7 Å². The molecule has 0 atom stereocenters. The zero-order valence-corrected chi connectivity index (χ0v) is 10.1. The lowest BCUT2D eigenvalue weighted by Crippen LogP contribution is -2.01. The number of methoxy groups -OCH3 is 1. The summed E-state index contributed by atoms with van der Waals surface area (Å²) in [5.74, 6) is 0.785. The van der Waals surface area contributed by atoms with Crippen LogP contribution >= 0.6 is 11.3 Å². The van der Waals surface area contributed by atoms with Gasteiger partial charge < -0.3 is 14.9 Å². The van der Waals surface area contributed by atoms with Crippen LogP contribution in [0.1, 0.15) is 16.2 Å². The van der Waals surface area contributed by atoms with Crippen molar-refractivity contribution < 1.29 is 9.15 Å². The third-order valence-corrected chi connectivity index (χ3v) is 3.26. The van der Waals surface area contributed by atoms with Crippen LogP contribution in [0.2, 0.25) is 0 Å². The van der Waals surface area contributed by atoms with Crippen LogP contribution in [-0.2, 0) is 17.9 Å². The molecular weight excluding hydrogens is 224 g/mol. The average molecular weight is 238 g/mol. The van der Waals surface area contributed by atoms with Crippen molar-refractivity contribution in [2.24, 2.45) is 5.73 Å². The molecule has 2 N–H and O–H groups in total. The number of aromatic nitrogens is 1. The SMILES string of the molecule is COCc1occ(-c2ncc(C)s2)c1CN. The van der Waals surface area contributed by atoms with Crippen LogP contribution in [0.5, 0.6) is 0 Å². The summed E-state index contributed by atoms with van der Waals surface area (Å²) in [6.07, 6.45) is 3.55. The Bertz CT molecular complexity index is 476. The first kappa shape index (κ1) is 11.3. The predicted molar refractivity (Wildman–Crippen MR) is 63.2 cm³/mol. The molecule has 0 bridgehead atoms. The fraction of sp³-hybridized carbons (Fsp3) is 0.364. The Morgan fingerprint density at radius 1 is 1.56 bits per heavy atom. The van der Waals surface area contributed by atoms with Gasteiger partial charge in [0.05, 0.1) is 5.56 Å². The van der Waals surface area contributed by atoms with Crippen LogP contribution in [0.3, 0.4) is 0 Å². The minimum atomic E-state index is 0.434. The normalized spacial score (nSPS) is 10.9. The molecule has 0 aliphatic rings. The highest BCUT2D eigenvalue weighted by Crippen LogP contribution is 2.31. The van der Waals surface area contributed by atoms with Crippen molar-refractivity contribution in [3.63, 3.8) is 0 Å². The highest BCUT2D eigenvalue weighted by atomic mass is 32.1. The molecule has 2 rings (SSSR count). The van der Waals surface area contributed by atoms with Gasteiger partial charge in [-0.05, 0) is 6.92 Å². The number of furan rings is 1. The predicted octanol–water partition coefficient (Wildman–Crippen LogP) is 2.32. The summed E-state index contributed by atoms with van der Waals surface area (Å²) in [6.45, 7) is 2.90. The fourth-order valence-electron chi connectivity index (χ4n) is 1.56. The van der Waals surface area contributed by atoms with E-state index in [2.05, 4.69) is 4.98 Å². The maximum Gasteiger partial charge on any atom is 0.134 e. The van der Waals surface area contributed by atoms with E-state index in [0.717, 1.165) is 21.9 Å². The first-order valence-corrected chi connectivity index (χ1v) is 5.79. The zero-order chi connectivity index (χ0) is 11.5. The van der Waals surface area contributed by atoms with Gasteiger partial charge in [-0.1, -0.05) is 0 Å². The maximum atomic E-state index is 5.73. The summed E-state index contributed by atoms with van der Waals surface area (Å²) < 4.78 is 10.5. The Labute approximate surface area is 98.1 Å². The second kappa shape index (κ2) is 4.78. The Hall–Kier alpha value is -1.17. The average Bonchev–Trinajstić information content (AvgIpc) is 2.85. The van der Waals surface area contributed by atoms with Gasteiger partial charge in [-0.15, -0.1) is 11.3 Å². The minimum absolute atomic E-state index is 0.434. The Balaban J connectivity index is 2.41. The molecule has 2 aromatic heterocycles. The Morgan fingerprint density at radius 3 is 2.94 bits per heavy atom. The Kier molecular flexibility index (Phi) is 3.38. The monoisotopic (exact) mass is 238 g/mol. The van der Waals surface area contributed by atoms with Crippen molar-refractivity contribution in [3.8, 4) is 10.6 Å². The van der Waals surface area contributed by atoms with Gasteiger partial charge in [0, 0.05) is 30.3 Å². The molecule has 0 aromatic carbocycles. The van der Waals surface area contributed by atoms with Crippen LogP contribution < -0.4 is 5.73 Å². The molecule has 4 nitrogen and oxygen atoms in total. The maximum absolute atomic E-state index is 5.73. The molecule has 86 valence electrons. The van der Waals surface area contributed by atoms with Crippen molar-refractivity contribution in [1.82, 2.24) is 4.98 Å². The molecule has 0 saturated heterocycles. The molecule has 2 heterocycles. The molecule has 0 amide bonds. The third-order valence-electron chi connectivity index (χ3n) is 2.31. The summed E-state index contributed by atoms with van der Waals surface area (Å²) in [5.41, 5.74) is 7.69. The van der Waals surface area contributed by atoms with Crippen LogP contribution in [0.15, 0.2) is 16.9 Å². The highest BCUT2D eigenvalue weighted by molar-refractivity contribution is 7.14. The Morgan fingerprint density at radius 2 is 2.38 bits per heavy atom. The topological polar surface area (TPSA) is 61.3 Å². The summed E-state index contributed by atoms with van der Waals surface area (Å²) in [5, 5.41) is 0.948. The largest absolute Gasteiger partial charge is 0.466 e. The molecule has 5 heteroatoms. The van der Waals surface area contributed by atoms with Gasteiger partial charge in [0.2, 0.25) is 0 Å². The molecule has 0 spiro atoms. The van der Waals surface area contributed by atoms with E-state index in [1.54, 1.807) is 24.7 Å². The lowest BCUT2D eigenvalue weighted by atomic mass is 10.1. The number of thiazole rings is 1. The van der Waals surface area contributed by atoms with Gasteiger partial charge in [0.1, 0.15) is 23.6 Å². The van der Waals surface area contributed by atoms with Gasteiger partial charge in [-0.25, -0.2) is 4.98 Å². The van der Waals surface area contributed by atoms with E-state index < -0.39 is 0 Å². The number of hydrogen-bond acceptors (Lipinski definition) is 5. The number of nitrogens with two attached hydrogens (primary N) is 1. The summed E-state index contributed by atoms with van der Waals surface area (Å²) in [4.78, 5) is 5.50. The molecule has 0 saturated carbocycles. The van der Waals surface area contributed by atoms with Crippen LogP contribution in [0.4, 0.5) is 0 Å². The molecule has 0 aliphatic carbocycles. The van der Waals surface area contributed by atoms with Gasteiger partial charge in [-0.2, -0.15) is 0 Å². The summed E-state index contributed by atoms with van der Waals surface area (Å²) in [7, 11) is 1.63. The molecule has 0 aliphatic heterocycles. The highest BCUT2D eigenvalue weighted by Gasteiger charge is 2.15. The first-order valence-electron chi connectivity index (χ1n) is 4.97. The van der Waals surface area contributed by atoms with Crippen LogP contribution in [0, 0.1) is 6.92 Å². The number of nitrogens with zero attached hydrogens (tertiary/aromatic N) is 1. The van der Waals surface area contributed by atoms with E-state index in [-0.39, 0.29) is 0 Å². The van der Waals surface area contributed by atoms with Gasteiger partial charge in [-0.3, -0.25) is 0 Å². The van der Waals surface area contributed by atoms with Gasteiger partial charge in [0.25, 0.3) is 0 Å². The quantitative estimate of drug-likeness (QED) is 0.888. The summed E-state index contributed by atoms with van der Waals surface area (Å²) in [6, 6.07) is 0. The van der Waals surface area contributed by atoms with Crippen molar-refractivity contribution in [2.45, 2.75) is 20.1 Å². The second-order valence-electron chi connectivity index (χ2n) is 3.46. The fourth-order valence-corrected chi connectivity index (χ4v) is 2.35. The van der Waals surface area contributed by atoms with E-state index >= 15 is 0 Å². The molecular formula is C11H14N2O2S. The van der Waals surface area contributed by atoms with E-state index in [9.17, 15) is 0 Å². The van der Waals surface area contributed by atoms with E-state index in [4.69, 9.17) is 14.9 Å². The molecule has 16 heavy (non-hydrogen) atoms. The van der Waals surface area contributed by atoms with Crippen molar-refractivity contribution in [1.29, 1.82) is 0 Å². The van der Waals surface area contributed by atoms with E-state index in [1.807, 2.05) is 13.1 Å². The standard InChI is InChI=1S/C11H14N2O2S/c1-7-4-13-11(16-7)9-5-15-10(6-14-2)8(9)3-12/h4-5H,3,6,12H2,1-2H3. The molecule has 0 unspecified atom stereocenters. The van der Waals surface area contributed by atoms with Gasteiger partial charge >= 0.3 is 0 Å². The minimum Gasteiger partial charge on any atom is -0.466 e. The third kappa shape index (κ3) is 2.02. The number of hydrogen-bond donors (Lipinski definition) is 1. The number of ether oxygens (including phenoxy) is 1. The smallest absolute Gasteiger partial charge is 0.134 e. The van der Waals surface area contributed by atoms with E-state index in [1.165, 1.54) is 4.88 Å². The lowest BCUT2D eigenvalue weighted by Gasteiger charge is -2.00. The molecule has 2 aromatic rings.